The highest BCUT2D eigenvalue weighted by molar-refractivity contribution is 5.82. The monoisotopic (exact) mass is 421 g/mol. The summed E-state index contributed by atoms with van der Waals surface area (Å²) in [5.74, 6) is -0.0718. The largest absolute Gasteiger partial charge is 0.462 e. The fraction of sp³-hybridized carbons (Fsp3) is 0.444. The maximum atomic E-state index is 12.2. The number of piperidine rings is 1. The lowest BCUT2D eigenvalue weighted by Gasteiger charge is -2.30. The summed E-state index contributed by atoms with van der Waals surface area (Å²) in [5.41, 5.74) is 5.45. The van der Waals surface area contributed by atoms with Gasteiger partial charge in [0.05, 0.1) is 19.6 Å². The molecular weight excluding hydrogens is 386 g/mol. The normalized spacial score (nSPS) is 17.6. The Morgan fingerprint density at radius 3 is 2.00 bits per heavy atom. The molecule has 4 heteroatoms. The highest BCUT2D eigenvalue weighted by atomic mass is 16.6. The first-order valence-electron chi connectivity index (χ1n) is 11.1. The minimum atomic E-state index is -0.0718. The number of hydrogen-bond acceptors (Lipinski definition) is 4. The second kappa shape index (κ2) is 11.8. The Bertz CT molecular complexity index is 790. The van der Waals surface area contributed by atoms with Crippen molar-refractivity contribution in [2.45, 2.75) is 45.6 Å². The lowest BCUT2D eigenvalue weighted by Crippen LogP contribution is -2.34. The van der Waals surface area contributed by atoms with Gasteiger partial charge in [-0.1, -0.05) is 73.7 Å². The van der Waals surface area contributed by atoms with Crippen molar-refractivity contribution >= 4 is 11.5 Å². The SMILES string of the molecule is C.O=C(CCN1CCC(=C(c2ccccc2)c2ccccc2)CC1)OC1CCOCC1. The van der Waals surface area contributed by atoms with Crippen molar-refractivity contribution in [3.63, 3.8) is 0 Å². The Balaban J connectivity index is 0.00000272. The summed E-state index contributed by atoms with van der Waals surface area (Å²) in [5, 5.41) is 0. The van der Waals surface area contributed by atoms with Crippen LogP contribution in [0.5, 0.6) is 0 Å². The van der Waals surface area contributed by atoms with Crippen molar-refractivity contribution in [1.82, 2.24) is 4.90 Å². The molecule has 4 rings (SSSR count). The zero-order valence-electron chi connectivity index (χ0n) is 17.6. The van der Waals surface area contributed by atoms with Crippen molar-refractivity contribution in [3.8, 4) is 0 Å². The molecule has 0 radical (unpaired) electrons. The lowest BCUT2D eigenvalue weighted by atomic mass is 9.88. The van der Waals surface area contributed by atoms with E-state index in [1.54, 1.807) is 0 Å². The van der Waals surface area contributed by atoms with Gasteiger partial charge in [0, 0.05) is 32.5 Å². The molecule has 0 spiro atoms. The average Bonchev–Trinajstić information content (AvgIpc) is 2.81. The van der Waals surface area contributed by atoms with Crippen molar-refractivity contribution in [1.29, 1.82) is 0 Å². The van der Waals surface area contributed by atoms with E-state index in [2.05, 4.69) is 65.6 Å². The van der Waals surface area contributed by atoms with Gasteiger partial charge in [-0.3, -0.25) is 4.79 Å². The van der Waals surface area contributed by atoms with Crippen LogP contribution in [0, 0.1) is 0 Å². The van der Waals surface area contributed by atoms with Crippen LogP contribution in [0.15, 0.2) is 66.2 Å². The van der Waals surface area contributed by atoms with Crippen LogP contribution in [0.3, 0.4) is 0 Å². The van der Waals surface area contributed by atoms with Gasteiger partial charge in [0.15, 0.2) is 0 Å². The standard InChI is InChI=1S/C26H31NO3.CH4/c28-25(30-24-14-19-29-20-15-24)13-18-27-16-11-23(12-17-27)26(21-7-3-1-4-8-21)22-9-5-2-6-10-22;/h1-10,24H,11-20H2;1H4. The van der Waals surface area contributed by atoms with Gasteiger partial charge < -0.3 is 14.4 Å². The number of benzene rings is 2. The zero-order valence-corrected chi connectivity index (χ0v) is 17.6. The highest BCUT2D eigenvalue weighted by Crippen LogP contribution is 2.32. The molecule has 2 heterocycles. The van der Waals surface area contributed by atoms with E-state index < -0.39 is 0 Å². The van der Waals surface area contributed by atoms with E-state index in [1.807, 2.05) is 0 Å². The third kappa shape index (κ3) is 6.52. The number of likely N-dealkylation sites (tertiary alicyclic amines) is 1. The number of nitrogens with zero attached hydrogens (tertiary/aromatic N) is 1. The molecule has 2 fully saturated rings. The Morgan fingerprint density at radius 1 is 0.903 bits per heavy atom. The van der Waals surface area contributed by atoms with Gasteiger partial charge in [0.25, 0.3) is 0 Å². The van der Waals surface area contributed by atoms with Gasteiger partial charge in [0.2, 0.25) is 0 Å². The topological polar surface area (TPSA) is 38.8 Å². The predicted octanol–water partition coefficient (Wildman–Crippen LogP) is 5.33. The van der Waals surface area contributed by atoms with Crippen LogP contribution < -0.4 is 0 Å². The Kier molecular flexibility index (Phi) is 8.86. The van der Waals surface area contributed by atoms with Crippen LogP contribution in [0.1, 0.15) is 50.7 Å². The molecule has 2 aliphatic rings. The number of esters is 1. The molecule has 0 saturated carbocycles. The van der Waals surface area contributed by atoms with Crippen molar-refractivity contribution in [2.75, 3.05) is 32.8 Å². The summed E-state index contributed by atoms with van der Waals surface area (Å²) < 4.78 is 10.9. The van der Waals surface area contributed by atoms with E-state index in [0.717, 1.165) is 45.3 Å². The summed E-state index contributed by atoms with van der Waals surface area (Å²) in [4.78, 5) is 14.6. The molecule has 0 aliphatic carbocycles. The van der Waals surface area contributed by atoms with Gasteiger partial charge in [-0.25, -0.2) is 0 Å². The fourth-order valence-electron chi connectivity index (χ4n) is 4.37. The van der Waals surface area contributed by atoms with E-state index in [0.29, 0.717) is 19.6 Å². The minimum Gasteiger partial charge on any atom is -0.462 e. The van der Waals surface area contributed by atoms with Crippen LogP contribution in [0.25, 0.3) is 5.57 Å². The third-order valence-corrected chi connectivity index (χ3v) is 6.04. The first-order valence-corrected chi connectivity index (χ1v) is 11.1. The molecule has 2 aromatic rings. The minimum absolute atomic E-state index is 0. The van der Waals surface area contributed by atoms with Crippen molar-refractivity contribution in [2.24, 2.45) is 0 Å². The van der Waals surface area contributed by atoms with Gasteiger partial charge in [0.1, 0.15) is 6.10 Å². The molecule has 4 nitrogen and oxygen atoms in total. The number of hydrogen-bond donors (Lipinski definition) is 0. The lowest BCUT2D eigenvalue weighted by molar-refractivity contribution is -0.153. The van der Waals surface area contributed by atoms with Gasteiger partial charge >= 0.3 is 5.97 Å². The summed E-state index contributed by atoms with van der Waals surface area (Å²) in [7, 11) is 0. The molecule has 0 atom stereocenters. The molecule has 2 saturated heterocycles. The average molecular weight is 422 g/mol. The molecule has 2 aliphatic heterocycles. The summed E-state index contributed by atoms with van der Waals surface area (Å²) >= 11 is 0. The predicted molar refractivity (Wildman–Crippen MR) is 126 cm³/mol. The number of ether oxygens (including phenoxy) is 2. The first-order chi connectivity index (χ1) is 14.8. The maximum absolute atomic E-state index is 12.2. The van der Waals surface area contributed by atoms with E-state index in [1.165, 1.54) is 22.3 Å². The molecule has 0 unspecified atom stereocenters. The summed E-state index contributed by atoms with van der Waals surface area (Å²) in [6.45, 7) is 4.15. The van der Waals surface area contributed by atoms with Crippen molar-refractivity contribution in [3.05, 3.63) is 77.4 Å². The van der Waals surface area contributed by atoms with E-state index in [-0.39, 0.29) is 19.5 Å². The molecule has 0 amide bonds. The molecule has 2 aromatic carbocycles. The second-order valence-corrected chi connectivity index (χ2v) is 8.10. The molecule has 0 N–H and O–H groups in total. The Morgan fingerprint density at radius 2 is 1.45 bits per heavy atom. The van der Waals surface area contributed by atoms with Gasteiger partial charge in [-0.05, 0) is 29.5 Å². The van der Waals surface area contributed by atoms with Crippen molar-refractivity contribution < 1.29 is 14.3 Å². The Hall–Kier alpha value is -2.43. The molecular formula is C27H35NO3. The van der Waals surface area contributed by atoms with Crippen LogP contribution in [0.2, 0.25) is 0 Å². The molecule has 0 aromatic heterocycles. The number of rotatable bonds is 6. The first kappa shape index (κ1) is 23.2. The Labute approximate surface area is 186 Å². The molecule has 0 bridgehead atoms. The third-order valence-electron chi connectivity index (χ3n) is 6.04. The second-order valence-electron chi connectivity index (χ2n) is 8.10. The van der Waals surface area contributed by atoms with Gasteiger partial charge in [-0.2, -0.15) is 0 Å². The number of carbonyl (C=O) groups is 1. The van der Waals surface area contributed by atoms with Crippen LogP contribution >= 0.6 is 0 Å². The highest BCUT2D eigenvalue weighted by Gasteiger charge is 2.21. The molecule has 166 valence electrons. The maximum Gasteiger partial charge on any atom is 0.307 e. The molecule has 31 heavy (non-hydrogen) atoms. The van der Waals surface area contributed by atoms with Crippen LogP contribution in [-0.2, 0) is 14.3 Å². The summed E-state index contributed by atoms with van der Waals surface area (Å²) in [6.07, 6.45) is 4.24. The number of carbonyl (C=O) groups excluding carboxylic acids is 1. The van der Waals surface area contributed by atoms with E-state index in [9.17, 15) is 4.79 Å². The van der Waals surface area contributed by atoms with E-state index >= 15 is 0 Å². The quantitative estimate of drug-likeness (QED) is 0.591. The summed E-state index contributed by atoms with van der Waals surface area (Å²) in [6, 6.07) is 21.4. The zero-order chi connectivity index (χ0) is 20.6. The van der Waals surface area contributed by atoms with Crippen LogP contribution in [-0.4, -0.2) is 49.8 Å². The fourth-order valence-corrected chi connectivity index (χ4v) is 4.37. The van der Waals surface area contributed by atoms with Gasteiger partial charge in [-0.15, -0.1) is 0 Å². The van der Waals surface area contributed by atoms with E-state index in [4.69, 9.17) is 9.47 Å². The van der Waals surface area contributed by atoms with Crippen LogP contribution in [0.4, 0.5) is 0 Å². The smallest absolute Gasteiger partial charge is 0.307 e.